The number of aromatic nitrogens is 1. The highest BCUT2D eigenvalue weighted by Crippen LogP contribution is 2.35. The zero-order valence-electron chi connectivity index (χ0n) is 13.5. The molecule has 0 unspecified atom stereocenters. The molecule has 0 saturated carbocycles. The van der Waals surface area contributed by atoms with Crippen LogP contribution in [0.4, 0.5) is 0 Å². The van der Waals surface area contributed by atoms with E-state index in [9.17, 15) is 14.4 Å². The molecule has 1 heterocycles. The molecule has 0 radical (unpaired) electrons. The van der Waals surface area contributed by atoms with Crippen LogP contribution in [0, 0.1) is 0 Å². The third kappa shape index (κ3) is 2.36. The first-order chi connectivity index (χ1) is 12.1. The van der Waals surface area contributed by atoms with Crippen LogP contribution in [0.3, 0.4) is 0 Å². The van der Waals surface area contributed by atoms with Crippen LogP contribution in [-0.2, 0) is 0 Å². The second kappa shape index (κ2) is 5.70. The van der Waals surface area contributed by atoms with Crippen molar-refractivity contribution in [2.75, 3.05) is 6.61 Å². The minimum absolute atomic E-state index is 0.212. The Bertz CT molecular complexity index is 1080. The smallest absolute Gasteiger partial charge is 0.189 e. The van der Waals surface area contributed by atoms with Crippen LogP contribution in [-0.4, -0.2) is 23.2 Å². The third-order valence-electron chi connectivity index (χ3n) is 4.43. The van der Waals surface area contributed by atoms with Crippen LogP contribution in [0.2, 0.25) is 0 Å². The summed E-state index contributed by atoms with van der Waals surface area (Å²) in [5, 5.41) is 0.528. The number of nitrogens with one attached hydrogen (secondary N) is 1. The van der Waals surface area contributed by atoms with Crippen molar-refractivity contribution in [1.82, 2.24) is 4.98 Å². The number of aromatic amines is 1. The molecule has 25 heavy (non-hydrogen) atoms. The van der Waals surface area contributed by atoms with Gasteiger partial charge in [0.25, 0.3) is 0 Å². The summed E-state index contributed by atoms with van der Waals surface area (Å²) in [6.07, 6.45) is 0. The molecular formula is C20H15NO4. The number of H-pyrrole nitrogens is 1. The number of ether oxygens (including phenoxy) is 1. The second-order valence-corrected chi connectivity index (χ2v) is 5.94. The monoisotopic (exact) mass is 333 g/mol. The lowest BCUT2D eigenvalue weighted by Crippen LogP contribution is -2.17. The van der Waals surface area contributed by atoms with E-state index in [1.165, 1.54) is 6.07 Å². The van der Waals surface area contributed by atoms with Gasteiger partial charge >= 0.3 is 0 Å². The number of ketones is 2. The first-order valence-corrected chi connectivity index (χ1v) is 8.07. The Morgan fingerprint density at radius 3 is 2.52 bits per heavy atom. The number of hydrogen-bond donors (Lipinski definition) is 1. The summed E-state index contributed by atoms with van der Waals surface area (Å²) in [4.78, 5) is 40.9. The topological polar surface area (TPSA) is 76.2 Å². The van der Waals surface area contributed by atoms with E-state index in [4.69, 9.17) is 4.74 Å². The predicted octanol–water partition coefficient (Wildman–Crippen LogP) is 3.09. The lowest BCUT2D eigenvalue weighted by molar-refractivity contribution is 0.0888. The second-order valence-electron chi connectivity index (χ2n) is 5.94. The van der Waals surface area contributed by atoms with Gasteiger partial charge < -0.3 is 9.72 Å². The number of hydrogen-bond acceptors (Lipinski definition) is 4. The molecule has 4 rings (SSSR count). The van der Waals surface area contributed by atoms with Crippen molar-refractivity contribution in [3.05, 3.63) is 75.6 Å². The van der Waals surface area contributed by atoms with Crippen molar-refractivity contribution >= 4 is 22.5 Å². The fourth-order valence-electron chi connectivity index (χ4n) is 3.28. The Morgan fingerprint density at radius 2 is 1.72 bits per heavy atom. The van der Waals surface area contributed by atoms with Gasteiger partial charge in [-0.25, -0.2) is 0 Å². The fraction of sp³-hybridized carbons (Fsp3) is 0.150. The van der Waals surface area contributed by atoms with Gasteiger partial charge in [0.2, 0.25) is 0 Å². The zero-order valence-corrected chi connectivity index (χ0v) is 13.5. The minimum atomic E-state index is -1.01. The average molecular weight is 333 g/mol. The van der Waals surface area contributed by atoms with E-state index in [2.05, 4.69) is 4.98 Å². The van der Waals surface area contributed by atoms with E-state index in [0.717, 1.165) is 0 Å². The molecule has 0 spiro atoms. The van der Waals surface area contributed by atoms with Crippen molar-refractivity contribution in [1.29, 1.82) is 0 Å². The first kappa shape index (κ1) is 15.3. The first-order valence-electron chi connectivity index (χ1n) is 8.07. The molecule has 124 valence electrons. The highest BCUT2D eigenvalue weighted by molar-refractivity contribution is 6.29. The molecule has 5 nitrogen and oxygen atoms in total. The molecule has 0 amide bonds. The Hall–Kier alpha value is -3.21. The standard InChI is InChI=1S/C20H15NO4/c1-2-25-11-7-8-12-14(9-11)20(24)18(19(12)23)16-10-17(22)13-5-3-4-6-15(13)21-16/h3-10,18H,2H2,1H3,(H,21,22)/t18-/m1/s1. The molecule has 0 saturated heterocycles. The number of carbonyl (C=O) groups is 2. The van der Waals surface area contributed by atoms with Crippen LogP contribution in [0.5, 0.6) is 5.75 Å². The molecule has 0 fully saturated rings. The van der Waals surface area contributed by atoms with Crippen molar-refractivity contribution < 1.29 is 14.3 Å². The van der Waals surface area contributed by atoms with Crippen LogP contribution in [0.15, 0.2) is 53.3 Å². The maximum Gasteiger partial charge on any atom is 0.189 e. The molecule has 1 aliphatic rings. The van der Waals surface area contributed by atoms with Gasteiger partial charge in [0.15, 0.2) is 17.0 Å². The van der Waals surface area contributed by atoms with Crippen LogP contribution in [0.25, 0.3) is 10.9 Å². The molecule has 1 aliphatic carbocycles. The quantitative estimate of drug-likeness (QED) is 0.747. The molecule has 0 bridgehead atoms. The van der Waals surface area contributed by atoms with Crippen molar-refractivity contribution in [2.24, 2.45) is 0 Å². The highest BCUT2D eigenvalue weighted by Gasteiger charge is 2.40. The van der Waals surface area contributed by atoms with Gasteiger partial charge in [-0.1, -0.05) is 12.1 Å². The third-order valence-corrected chi connectivity index (χ3v) is 4.43. The molecule has 3 aromatic rings. The van der Waals surface area contributed by atoms with E-state index in [0.29, 0.717) is 40.1 Å². The summed E-state index contributed by atoms with van der Waals surface area (Å²) in [5.41, 5.74) is 1.43. The SMILES string of the molecule is CCOc1ccc2c(c1)C(=O)[C@H](c1cc(=O)c3ccccc3[nH]1)C2=O. The summed E-state index contributed by atoms with van der Waals surface area (Å²) in [6.45, 7) is 2.32. The van der Waals surface area contributed by atoms with Gasteiger partial charge in [0.1, 0.15) is 11.7 Å². The van der Waals surface area contributed by atoms with Gasteiger partial charge in [-0.05, 0) is 37.3 Å². The van der Waals surface area contributed by atoms with E-state index in [-0.39, 0.29) is 17.0 Å². The maximum absolute atomic E-state index is 12.8. The van der Waals surface area contributed by atoms with E-state index < -0.39 is 5.92 Å². The van der Waals surface area contributed by atoms with E-state index in [1.54, 1.807) is 42.5 Å². The number of carbonyl (C=O) groups excluding carboxylic acids is 2. The predicted molar refractivity (Wildman–Crippen MR) is 93.6 cm³/mol. The Balaban J connectivity index is 1.83. The Kier molecular flexibility index (Phi) is 3.50. The molecule has 1 N–H and O–H groups in total. The zero-order chi connectivity index (χ0) is 17.6. The van der Waals surface area contributed by atoms with E-state index >= 15 is 0 Å². The van der Waals surface area contributed by atoms with Gasteiger partial charge in [-0.3, -0.25) is 14.4 Å². The molecule has 5 heteroatoms. The fourth-order valence-corrected chi connectivity index (χ4v) is 3.28. The number of para-hydroxylation sites is 1. The Morgan fingerprint density at radius 1 is 0.960 bits per heavy atom. The van der Waals surface area contributed by atoms with Gasteiger partial charge in [0.05, 0.1) is 6.61 Å². The Labute approximate surface area is 143 Å². The minimum Gasteiger partial charge on any atom is -0.494 e. The van der Waals surface area contributed by atoms with Gasteiger partial charge in [-0.2, -0.15) is 0 Å². The maximum atomic E-state index is 12.8. The number of pyridine rings is 1. The number of Topliss-reactive ketones (excluding diaryl/α,β-unsaturated/α-hetero) is 2. The van der Waals surface area contributed by atoms with Crippen molar-refractivity contribution in [3.63, 3.8) is 0 Å². The number of rotatable bonds is 3. The summed E-state index contributed by atoms with van der Waals surface area (Å²) >= 11 is 0. The summed E-state index contributed by atoms with van der Waals surface area (Å²) < 4.78 is 5.41. The van der Waals surface area contributed by atoms with Crippen LogP contribution >= 0.6 is 0 Å². The number of fused-ring (bicyclic) bond motifs is 2. The molecule has 1 atom stereocenters. The molecule has 1 aromatic heterocycles. The lowest BCUT2D eigenvalue weighted by atomic mass is 9.98. The molecule has 0 aliphatic heterocycles. The van der Waals surface area contributed by atoms with Gasteiger partial charge in [0, 0.05) is 33.8 Å². The van der Waals surface area contributed by atoms with Gasteiger partial charge in [-0.15, -0.1) is 0 Å². The van der Waals surface area contributed by atoms with E-state index in [1.807, 2.05) is 6.92 Å². The summed E-state index contributed by atoms with van der Waals surface area (Å²) in [7, 11) is 0. The number of benzene rings is 2. The summed E-state index contributed by atoms with van der Waals surface area (Å²) in [6, 6.07) is 13.3. The summed E-state index contributed by atoms with van der Waals surface area (Å²) in [5.74, 6) is -1.07. The normalized spacial score (nSPS) is 16.3. The van der Waals surface area contributed by atoms with Crippen LogP contribution in [0.1, 0.15) is 39.3 Å². The highest BCUT2D eigenvalue weighted by atomic mass is 16.5. The molecule has 2 aromatic carbocycles. The largest absolute Gasteiger partial charge is 0.494 e. The van der Waals surface area contributed by atoms with Crippen molar-refractivity contribution in [3.8, 4) is 5.75 Å². The average Bonchev–Trinajstić information content (AvgIpc) is 2.86. The van der Waals surface area contributed by atoms with Crippen molar-refractivity contribution in [2.45, 2.75) is 12.8 Å². The van der Waals surface area contributed by atoms with Crippen LogP contribution < -0.4 is 10.2 Å². The molecular weight excluding hydrogens is 318 g/mol. The lowest BCUT2D eigenvalue weighted by Gasteiger charge is -2.09.